The van der Waals surface area contributed by atoms with Crippen LogP contribution in [0.1, 0.15) is 19.8 Å². The highest BCUT2D eigenvalue weighted by molar-refractivity contribution is 7.89. The van der Waals surface area contributed by atoms with Gasteiger partial charge in [0.25, 0.3) is 0 Å². The third kappa shape index (κ3) is 3.63. The Morgan fingerprint density at radius 1 is 1.40 bits per heavy atom. The molecule has 0 aromatic heterocycles. The molecule has 1 unspecified atom stereocenters. The lowest BCUT2D eigenvalue weighted by atomic mass is 10.3. The summed E-state index contributed by atoms with van der Waals surface area (Å²) in [5.74, 6) is 0. The molecule has 1 aliphatic heterocycles. The molecule has 20 heavy (non-hydrogen) atoms. The van der Waals surface area contributed by atoms with Crippen LogP contribution >= 0.6 is 11.6 Å². The second-order valence-corrected chi connectivity index (χ2v) is 7.28. The number of nitrogens with zero attached hydrogens (tertiary/aromatic N) is 1. The summed E-state index contributed by atoms with van der Waals surface area (Å²) >= 11 is 5.94. The van der Waals surface area contributed by atoms with Crippen LogP contribution in [0.25, 0.3) is 0 Å². The fourth-order valence-electron chi connectivity index (χ4n) is 2.35. The van der Waals surface area contributed by atoms with E-state index < -0.39 is 10.0 Å². The molecule has 1 fully saturated rings. The molecule has 0 radical (unpaired) electrons. The van der Waals surface area contributed by atoms with Gasteiger partial charge in [0, 0.05) is 18.3 Å². The van der Waals surface area contributed by atoms with Gasteiger partial charge in [-0.15, -0.1) is 0 Å². The Bertz CT molecular complexity index is 571. The van der Waals surface area contributed by atoms with E-state index >= 15 is 0 Å². The number of anilines is 1. The van der Waals surface area contributed by atoms with Gasteiger partial charge in [-0.25, -0.2) is 13.1 Å². The Labute approximate surface area is 125 Å². The smallest absolute Gasteiger partial charge is 0.242 e. The highest BCUT2D eigenvalue weighted by atomic mass is 35.5. The molecule has 7 heteroatoms. The minimum absolute atomic E-state index is 0.0350. The first kappa shape index (κ1) is 15.6. The minimum atomic E-state index is -3.63. The maximum Gasteiger partial charge on any atom is 0.242 e. The molecule has 0 amide bonds. The average Bonchev–Trinajstić information content (AvgIpc) is 2.93. The number of halogens is 1. The Morgan fingerprint density at radius 2 is 2.05 bits per heavy atom. The van der Waals surface area contributed by atoms with Crippen molar-refractivity contribution in [1.82, 2.24) is 9.62 Å². The molecule has 1 atom stereocenters. The molecule has 1 aromatic rings. The van der Waals surface area contributed by atoms with Gasteiger partial charge in [0.15, 0.2) is 0 Å². The van der Waals surface area contributed by atoms with Crippen molar-refractivity contribution < 1.29 is 8.42 Å². The van der Waals surface area contributed by atoms with E-state index in [0.29, 0.717) is 12.2 Å². The first-order chi connectivity index (χ1) is 9.40. The standard InChI is InChI=1S/C13H20ClN3O2S/c1-10(17-6-2-3-7-17)9-16-20(18,19)13-8-11(15)4-5-12(13)14/h4-5,8,10,16H,2-3,6-7,9,15H2,1H3. The van der Waals surface area contributed by atoms with Crippen LogP contribution in [0.4, 0.5) is 5.69 Å². The number of nitrogens with two attached hydrogens (primary N) is 1. The predicted molar refractivity (Wildman–Crippen MR) is 81.3 cm³/mol. The van der Waals surface area contributed by atoms with Crippen molar-refractivity contribution >= 4 is 27.3 Å². The van der Waals surface area contributed by atoms with E-state index in [1.54, 1.807) is 6.07 Å². The van der Waals surface area contributed by atoms with Crippen LogP contribution in [0, 0.1) is 0 Å². The highest BCUT2D eigenvalue weighted by Crippen LogP contribution is 2.23. The lowest BCUT2D eigenvalue weighted by Crippen LogP contribution is -2.40. The lowest BCUT2D eigenvalue weighted by molar-refractivity contribution is 0.260. The highest BCUT2D eigenvalue weighted by Gasteiger charge is 2.22. The van der Waals surface area contributed by atoms with Crippen LogP contribution in [0.3, 0.4) is 0 Å². The van der Waals surface area contributed by atoms with Crippen molar-refractivity contribution in [3.63, 3.8) is 0 Å². The average molecular weight is 318 g/mol. The third-order valence-electron chi connectivity index (χ3n) is 3.58. The number of nitrogen functional groups attached to an aromatic ring is 1. The van der Waals surface area contributed by atoms with Crippen molar-refractivity contribution in [3.05, 3.63) is 23.2 Å². The van der Waals surface area contributed by atoms with Crippen LogP contribution < -0.4 is 10.5 Å². The molecule has 1 saturated heterocycles. The van der Waals surface area contributed by atoms with Crippen molar-refractivity contribution in [2.75, 3.05) is 25.4 Å². The van der Waals surface area contributed by atoms with Gasteiger partial charge >= 0.3 is 0 Å². The van der Waals surface area contributed by atoms with Gasteiger partial charge in [0.1, 0.15) is 4.90 Å². The minimum Gasteiger partial charge on any atom is -0.399 e. The molecule has 0 aliphatic carbocycles. The van der Waals surface area contributed by atoms with Crippen LogP contribution in [-0.2, 0) is 10.0 Å². The van der Waals surface area contributed by atoms with Crippen molar-refractivity contribution in [3.8, 4) is 0 Å². The van der Waals surface area contributed by atoms with Gasteiger partial charge in [-0.3, -0.25) is 4.90 Å². The third-order valence-corrected chi connectivity index (χ3v) is 5.48. The van der Waals surface area contributed by atoms with Crippen molar-refractivity contribution in [2.45, 2.75) is 30.7 Å². The van der Waals surface area contributed by atoms with Crippen LogP contribution in [0.15, 0.2) is 23.1 Å². The summed E-state index contributed by atoms with van der Waals surface area (Å²) in [5.41, 5.74) is 6.00. The summed E-state index contributed by atoms with van der Waals surface area (Å²) in [7, 11) is -3.63. The van der Waals surface area contributed by atoms with E-state index in [1.807, 2.05) is 6.92 Å². The van der Waals surface area contributed by atoms with Crippen LogP contribution in [0.2, 0.25) is 5.02 Å². The zero-order valence-electron chi connectivity index (χ0n) is 11.5. The van der Waals surface area contributed by atoms with E-state index in [9.17, 15) is 8.42 Å². The summed E-state index contributed by atoms with van der Waals surface area (Å²) in [6.45, 7) is 4.45. The van der Waals surface area contributed by atoms with Crippen molar-refractivity contribution in [1.29, 1.82) is 0 Å². The molecule has 0 spiro atoms. The van der Waals surface area contributed by atoms with Crippen LogP contribution in [0.5, 0.6) is 0 Å². The maximum atomic E-state index is 12.3. The summed E-state index contributed by atoms with van der Waals surface area (Å²) in [6.07, 6.45) is 2.36. The number of hydrogen-bond donors (Lipinski definition) is 2. The molecule has 0 bridgehead atoms. The van der Waals surface area contributed by atoms with Crippen LogP contribution in [-0.4, -0.2) is 39.0 Å². The predicted octanol–water partition coefficient (Wildman–Crippen LogP) is 1.68. The first-order valence-corrected chi connectivity index (χ1v) is 8.55. The summed E-state index contributed by atoms with van der Waals surface area (Å²) < 4.78 is 27.1. The van der Waals surface area contributed by atoms with E-state index in [0.717, 1.165) is 13.1 Å². The second kappa shape index (κ2) is 6.30. The second-order valence-electron chi connectivity index (χ2n) is 5.13. The summed E-state index contributed by atoms with van der Waals surface area (Å²) in [4.78, 5) is 2.32. The zero-order chi connectivity index (χ0) is 14.8. The van der Waals surface area contributed by atoms with E-state index in [2.05, 4.69) is 9.62 Å². The number of nitrogens with one attached hydrogen (secondary N) is 1. The zero-order valence-corrected chi connectivity index (χ0v) is 13.0. The van der Waals surface area contributed by atoms with Gasteiger partial charge in [0.2, 0.25) is 10.0 Å². The molecule has 0 saturated carbocycles. The van der Waals surface area contributed by atoms with Gasteiger partial charge in [0.05, 0.1) is 5.02 Å². The normalized spacial score (nSPS) is 18.3. The molecule has 1 aliphatic rings. The van der Waals surface area contributed by atoms with Gasteiger partial charge in [-0.05, 0) is 51.1 Å². The largest absolute Gasteiger partial charge is 0.399 e. The summed E-state index contributed by atoms with van der Waals surface area (Å²) in [6, 6.07) is 4.63. The van der Waals surface area contributed by atoms with Gasteiger partial charge in [-0.1, -0.05) is 11.6 Å². The van der Waals surface area contributed by atoms with Gasteiger partial charge < -0.3 is 5.73 Å². The fraction of sp³-hybridized carbons (Fsp3) is 0.538. The SMILES string of the molecule is CC(CNS(=O)(=O)c1cc(N)ccc1Cl)N1CCCC1. The number of hydrogen-bond acceptors (Lipinski definition) is 4. The Kier molecular flexibility index (Phi) is 4.90. The van der Waals surface area contributed by atoms with E-state index in [-0.39, 0.29) is 16.0 Å². The van der Waals surface area contributed by atoms with Gasteiger partial charge in [-0.2, -0.15) is 0 Å². The molecule has 1 heterocycles. The number of rotatable bonds is 5. The molecule has 5 nitrogen and oxygen atoms in total. The maximum absolute atomic E-state index is 12.3. The van der Waals surface area contributed by atoms with E-state index in [4.69, 9.17) is 17.3 Å². The molecular weight excluding hydrogens is 298 g/mol. The molecule has 3 N–H and O–H groups in total. The topological polar surface area (TPSA) is 75.4 Å². The number of likely N-dealkylation sites (tertiary alicyclic amines) is 1. The molecule has 112 valence electrons. The lowest BCUT2D eigenvalue weighted by Gasteiger charge is -2.23. The quantitative estimate of drug-likeness (QED) is 0.810. The summed E-state index contributed by atoms with van der Waals surface area (Å²) in [5, 5.41) is 0.181. The fourth-order valence-corrected chi connectivity index (χ4v) is 4.00. The Balaban J connectivity index is 2.05. The monoisotopic (exact) mass is 317 g/mol. The molecule has 1 aromatic carbocycles. The molecule has 2 rings (SSSR count). The number of benzene rings is 1. The molecular formula is C13H20ClN3O2S. The first-order valence-electron chi connectivity index (χ1n) is 6.69. The number of sulfonamides is 1. The Hall–Kier alpha value is -0.820. The Morgan fingerprint density at radius 3 is 2.70 bits per heavy atom. The van der Waals surface area contributed by atoms with Crippen molar-refractivity contribution in [2.24, 2.45) is 0 Å². The van der Waals surface area contributed by atoms with E-state index in [1.165, 1.54) is 25.0 Å².